The summed E-state index contributed by atoms with van der Waals surface area (Å²) in [5.41, 5.74) is 4.38. The maximum absolute atomic E-state index is 13.7. The number of ketones is 4. The Balaban J connectivity index is 1.91. The van der Waals surface area contributed by atoms with E-state index in [2.05, 4.69) is 0 Å². The Morgan fingerprint density at radius 2 is 1.74 bits per heavy atom. The number of carbonyl (C=O) groups excluding carboxylic acids is 5. The Morgan fingerprint density at radius 1 is 1.12 bits per heavy atom. The van der Waals surface area contributed by atoms with Crippen molar-refractivity contribution in [1.29, 1.82) is 0 Å². The third-order valence-electron chi connectivity index (χ3n) is 7.71. The smallest absolute Gasteiger partial charge is 0.235 e. The molecule has 3 aliphatic carbocycles. The second kappa shape index (κ2) is 7.71. The lowest BCUT2D eigenvalue weighted by molar-refractivity contribution is -0.181. The Hall–Kier alpha value is -3.11. The van der Waals surface area contributed by atoms with Crippen LogP contribution in [0, 0.1) is 30.6 Å². The number of Topliss-reactive ketones (excluding diaryl/α,β-unsaturated/α-hetero) is 4. The molecule has 1 amide bonds. The summed E-state index contributed by atoms with van der Waals surface area (Å²) in [7, 11) is 6.72. The first-order valence-electron chi connectivity index (χ1n) is 11.1. The van der Waals surface area contributed by atoms with Crippen molar-refractivity contribution in [2.75, 3.05) is 33.1 Å². The summed E-state index contributed by atoms with van der Waals surface area (Å²) in [6.07, 6.45) is 0.276. The molecule has 6 atom stereocenters. The van der Waals surface area contributed by atoms with Gasteiger partial charge in [-0.15, -0.1) is 0 Å². The summed E-state index contributed by atoms with van der Waals surface area (Å²) in [5, 5.41) is 22.3. The molecule has 10 nitrogen and oxygen atoms in total. The van der Waals surface area contributed by atoms with Gasteiger partial charge in [-0.05, 0) is 57.0 Å². The quantitative estimate of drug-likeness (QED) is 0.482. The van der Waals surface area contributed by atoms with E-state index in [1.807, 2.05) is 4.90 Å². The summed E-state index contributed by atoms with van der Waals surface area (Å²) in [5.74, 6) is -10.3. The fraction of sp³-hybridized carbons (Fsp3) is 0.542. The number of aromatic hydroxyl groups is 1. The second-order valence-electron chi connectivity index (χ2n) is 10.1. The number of fused-ring (bicyclic) bond motifs is 3. The molecule has 2 unspecified atom stereocenters. The fourth-order valence-corrected chi connectivity index (χ4v) is 6.18. The molecular weight excluding hydrogens is 442 g/mol. The number of amides is 1. The molecule has 0 saturated heterocycles. The number of benzene rings is 1. The summed E-state index contributed by atoms with van der Waals surface area (Å²) in [6.45, 7) is 1.64. The molecule has 1 aromatic carbocycles. The average Bonchev–Trinajstić information content (AvgIpc) is 2.72. The Bertz CT molecular complexity index is 1160. The van der Waals surface area contributed by atoms with Gasteiger partial charge in [0, 0.05) is 25.7 Å². The molecule has 10 heteroatoms. The number of rotatable bonds is 3. The molecule has 0 aliphatic heterocycles. The molecule has 0 spiro atoms. The summed E-state index contributed by atoms with van der Waals surface area (Å²) in [6, 6.07) is 0.651. The van der Waals surface area contributed by atoms with Crippen LogP contribution >= 0.6 is 0 Å². The lowest BCUT2D eigenvalue weighted by atomic mass is 9.52. The number of carbonyl (C=O) groups is 5. The van der Waals surface area contributed by atoms with Crippen molar-refractivity contribution in [3.8, 4) is 5.75 Å². The van der Waals surface area contributed by atoms with E-state index in [1.165, 1.54) is 4.90 Å². The number of likely N-dealkylation sites (N-methyl/N-ethyl adjacent to an activating group) is 1. The molecule has 34 heavy (non-hydrogen) atoms. The number of phenols is 1. The molecule has 0 aromatic heterocycles. The zero-order chi connectivity index (χ0) is 25.4. The van der Waals surface area contributed by atoms with Crippen molar-refractivity contribution in [1.82, 2.24) is 4.90 Å². The Labute approximate surface area is 196 Å². The van der Waals surface area contributed by atoms with Gasteiger partial charge in [0.2, 0.25) is 5.91 Å². The highest BCUT2D eigenvalue weighted by Crippen LogP contribution is 2.52. The number of nitrogens with zero attached hydrogens (tertiary/aromatic N) is 2. The van der Waals surface area contributed by atoms with Gasteiger partial charge in [0.15, 0.2) is 34.7 Å². The van der Waals surface area contributed by atoms with Crippen LogP contribution in [0.2, 0.25) is 0 Å². The first-order chi connectivity index (χ1) is 15.7. The third kappa shape index (κ3) is 2.98. The molecule has 1 aromatic rings. The van der Waals surface area contributed by atoms with Gasteiger partial charge >= 0.3 is 0 Å². The summed E-state index contributed by atoms with van der Waals surface area (Å²) >= 11 is 0. The van der Waals surface area contributed by atoms with Crippen LogP contribution in [0.25, 0.3) is 0 Å². The maximum Gasteiger partial charge on any atom is 0.235 e. The number of phenolic OH excluding ortho intramolecular Hbond substituents is 1. The van der Waals surface area contributed by atoms with E-state index in [0.29, 0.717) is 11.1 Å². The van der Waals surface area contributed by atoms with Gasteiger partial charge in [0.05, 0.1) is 17.5 Å². The highest BCUT2D eigenvalue weighted by Gasteiger charge is 2.69. The number of aliphatic hydroxyl groups is 1. The van der Waals surface area contributed by atoms with Crippen molar-refractivity contribution >= 4 is 34.7 Å². The molecular formula is C24H29N3O7. The fourth-order valence-electron chi connectivity index (χ4n) is 6.18. The van der Waals surface area contributed by atoms with E-state index in [4.69, 9.17) is 5.73 Å². The molecule has 0 radical (unpaired) electrons. The van der Waals surface area contributed by atoms with Crippen LogP contribution in [0.4, 0.5) is 5.69 Å². The van der Waals surface area contributed by atoms with Crippen LogP contribution < -0.4 is 10.6 Å². The van der Waals surface area contributed by atoms with Crippen LogP contribution in [0.3, 0.4) is 0 Å². The minimum Gasteiger partial charge on any atom is -0.507 e. The standard InChI is InChI=1S/C24H29N3O7/c1-9-6-13(26(2)3)11-7-10-8-12-17(27(4)5)20(30)16(23(25)33)22(32)24(12,34)21(31)14(10)19(29)15(11)18(9)28/h6,10,12,14,16-17,28,34H,7-8H2,1-5H3,(H2,25,33)/t10-,12-,14?,16?,17-,24-/m1/s1. The van der Waals surface area contributed by atoms with Crippen LogP contribution in [-0.4, -0.2) is 84.0 Å². The van der Waals surface area contributed by atoms with Crippen molar-refractivity contribution in [2.45, 2.75) is 31.4 Å². The van der Waals surface area contributed by atoms with Crippen molar-refractivity contribution in [3.63, 3.8) is 0 Å². The lowest BCUT2D eigenvalue weighted by Crippen LogP contribution is -2.74. The highest BCUT2D eigenvalue weighted by atomic mass is 16.3. The van der Waals surface area contributed by atoms with Gasteiger partial charge in [-0.2, -0.15) is 0 Å². The normalized spacial score (nSPS) is 32.9. The topological polar surface area (TPSA) is 158 Å². The molecule has 4 rings (SSSR count). The molecule has 2 fully saturated rings. The van der Waals surface area contributed by atoms with Crippen molar-refractivity contribution < 1.29 is 34.2 Å². The van der Waals surface area contributed by atoms with Gasteiger partial charge in [0.25, 0.3) is 0 Å². The number of aryl methyl sites for hydroxylation is 1. The maximum atomic E-state index is 13.7. The second-order valence-corrected chi connectivity index (χ2v) is 10.1. The number of nitrogens with two attached hydrogens (primary N) is 1. The molecule has 182 valence electrons. The predicted octanol–water partition coefficient (Wildman–Crippen LogP) is -0.759. The Morgan fingerprint density at radius 3 is 2.26 bits per heavy atom. The molecule has 4 N–H and O–H groups in total. The van der Waals surface area contributed by atoms with Crippen LogP contribution in [0.5, 0.6) is 5.75 Å². The van der Waals surface area contributed by atoms with E-state index in [1.54, 1.807) is 41.2 Å². The molecule has 0 bridgehead atoms. The minimum atomic E-state index is -2.71. The lowest BCUT2D eigenvalue weighted by Gasteiger charge is -2.52. The Kier molecular flexibility index (Phi) is 5.45. The predicted molar refractivity (Wildman–Crippen MR) is 120 cm³/mol. The molecule has 0 heterocycles. The SMILES string of the molecule is Cc1cc(N(C)C)c2c(c1O)C(=O)C1C(=O)[C@@]3(O)C(=O)C(C(N)=O)C(=O)[C@H](N(C)C)[C@H]3C[C@H]1C2. The monoisotopic (exact) mass is 471 g/mol. The first-order valence-corrected chi connectivity index (χ1v) is 11.1. The average molecular weight is 472 g/mol. The summed E-state index contributed by atoms with van der Waals surface area (Å²) in [4.78, 5) is 69.0. The third-order valence-corrected chi connectivity index (χ3v) is 7.71. The van der Waals surface area contributed by atoms with Gasteiger partial charge in [-0.1, -0.05) is 0 Å². The first kappa shape index (κ1) is 24.0. The van der Waals surface area contributed by atoms with E-state index in [-0.39, 0.29) is 24.2 Å². The van der Waals surface area contributed by atoms with Gasteiger partial charge in [0.1, 0.15) is 5.75 Å². The number of anilines is 1. The van der Waals surface area contributed by atoms with E-state index in [9.17, 15) is 34.2 Å². The van der Waals surface area contributed by atoms with E-state index < -0.39 is 64.4 Å². The van der Waals surface area contributed by atoms with Gasteiger partial charge < -0.3 is 20.8 Å². The summed E-state index contributed by atoms with van der Waals surface area (Å²) < 4.78 is 0. The van der Waals surface area contributed by atoms with Gasteiger partial charge in [-0.25, -0.2) is 0 Å². The van der Waals surface area contributed by atoms with Crippen LogP contribution in [0.1, 0.15) is 27.9 Å². The van der Waals surface area contributed by atoms with E-state index >= 15 is 0 Å². The minimum absolute atomic E-state index is 0.00953. The van der Waals surface area contributed by atoms with Crippen molar-refractivity contribution in [2.24, 2.45) is 29.4 Å². The van der Waals surface area contributed by atoms with Crippen LogP contribution in [0.15, 0.2) is 6.07 Å². The number of hydrogen-bond acceptors (Lipinski definition) is 9. The number of primary amides is 1. The highest BCUT2D eigenvalue weighted by molar-refractivity contribution is 6.32. The zero-order valence-electron chi connectivity index (χ0n) is 19.8. The molecule has 3 aliphatic rings. The zero-order valence-corrected chi connectivity index (χ0v) is 19.8. The van der Waals surface area contributed by atoms with Gasteiger partial charge in [-0.3, -0.25) is 28.9 Å². The number of hydrogen-bond donors (Lipinski definition) is 3. The van der Waals surface area contributed by atoms with E-state index in [0.717, 1.165) is 5.69 Å². The van der Waals surface area contributed by atoms with Crippen molar-refractivity contribution in [3.05, 3.63) is 22.8 Å². The largest absolute Gasteiger partial charge is 0.507 e. The molecule has 2 saturated carbocycles. The van der Waals surface area contributed by atoms with Crippen LogP contribution in [-0.2, 0) is 25.6 Å².